The third-order valence-electron chi connectivity index (χ3n) is 3.20. The highest BCUT2D eigenvalue weighted by atomic mass is 16.2. The number of nitrogens with zero attached hydrogens (tertiary/aromatic N) is 1. The summed E-state index contributed by atoms with van der Waals surface area (Å²) in [6.45, 7) is 5.10. The molecule has 0 aromatic carbocycles. The quantitative estimate of drug-likeness (QED) is 0.693. The summed E-state index contributed by atoms with van der Waals surface area (Å²) in [7, 11) is 0. The Morgan fingerprint density at radius 2 is 2.06 bits per heavy atom. The van der Waals surface area contributed by atoms with Crippen molar-refractivity contribution >= 4 is 11.8 Å². The van der Waals surface area contributed by atoms with Gasteiger partial charge in [0.2, 0.25) is 11.8 Å². The summed E-state index contributed by atoms with van der Waals surface area (Å²) in [5.41, 5.74) is 10.3. The van der Waals surface area contributed by atoms with Gasteiger partial charge < -0.3 is 16.4 Å². The zero-order valence-corrected chi connectivity index (χ0v) is 10.0. The van der Waals surface area contributed by atoms with Crippen molar-refractivity contribution in [2.75, 3.05) is 19.6 Å². The van der Waals surface area contributed by atoms with E-state index in [0.717, 1.165) is 12.8 Å². The van der Waals surface area contributed by atoms with E-state index in [1.165, 1.54) is 0 Å². The molecule has 0 radical (unpaired) electrons. The average molecular weight is 227 g/mol. The smallest absolute Gasteiger partial charge is 0.229 e. The predicted octanol–water partition coefficient (Wildman–Crippen LogP) is -0.305. The van der Waals surface area contributed by atoms with Crippen LogP contribution in [0.5, 0.6) is 0 Å². The van der Waals surface area contributed by atoms with Crippen LogP contribution in [0.2, 0.25) is 0 Å². The van der Waals surface area contributed by atoms with Crippen LogP contribution in [0, 0.1) is 11.3 Å². The molecule has 5 heteroatoms. The largest absolute Gasteiger partial charge is 0.369 e. The molecule has 0 aromatic rings. The molecule has 0 aromatic heterocycles. The van der Waals surface area contributed by atoms with Crippen LogP contribution < -0.4 is 11.5 Å². The average Bonchev–Trinajstić information content (AvgIpc) is 2.28. The van der Waals surface area contributed by atoms with E-state index in [9.17, 15) is 9.59 Å². The van der Waals surface area contributed by atoms with Gasteiger partial charge in [-0.05, 0) is 26.7 Å². The molecule has 1 saturated heterocycles. The summed E-state index contributed by atoms with van der Waals surface area (Å²) < 4.78 is 0. The first kappa shape index (κ1) is 13.0. The molecular weight excluding hydrogens is 206 g/mol. The second kappa shape index (κ2) is 4.82. The Balaban J connectivity index is 2.67. The van der Waals surface area contributed by atoms with E-state index in [2.05, 4.69) is 0 Å². The Hall–Kier alpha value is -1.10. The van der Waals surface area contributed by atoms with E-state index in [4.69, 9.17) is 11.5 Å². The summed E-state index contributed by atoms with van der Waals surface area (Å²) in [5.74, 6) is -0.504. The Bertz CT molecular complexity index is 289. The molecule has 1 rings (SSSR count). The fourth-order valence-electron chi connectivity index (χ4n) is 1.91. The summed E-state index contributed by atoms with van der Waals surface area (Å²) in [6, 6.07) is 0. The molecule has 5 nitrogen and oxygen atoms in total. The minimum Gasteiger partial charge on any atom is -0.369 e. The Labute approximate surface area is 96.1 Å². The normalized spacial score (nSPS) is 21.9. The molecule has 1 fully saturated rings. The van der Waals surface area contributed by atoms with E-state index < -0.39 is 5.41 Å². The minimum absolute atomic E-state index is 0.0148. The monoisotopic (exact) mass is 227 g/mol. The van der Waals surface area contributed by atoms with Crippen molar-refractivity contribution in [3.63, 3.8) is 0 Å². The van der Waals surface area contributed by atoms with Crippen LogP contribution in [0.3, 0.4) is 0 Å². The number of carbonyl (C=O) groups is 2. The topological polar surface area (TPSA) is 89.4 Å². The molecule has 0 aliphatic carbocycles. The van der Waals surface area contributed by atoms with Crippen LogP contribution in [-0.4, -0.2) is 36.3 Å². The number of carbonyl (C=O) groups excluding carboxylic acids is 2. The number of hydrogen-bond acceptors (Lipinski definition) is 3. The molecular formula is C11H21N3O2. The maximum Gasteiger partial charge on any atom is 0.229 e. The number of amides is 2. The fraction of sp³-hybridized carbons (Fsp3) is 0.818. The van der Waals surface area contributed by atoms with Gasteiger partial charge in [-0.15, -0.1) is 0 Å². The zero-order valence-electron chi connectivity index (χ0n) is 10.0. The van der Waals surface area contributed by atoms with E-state index >= 15 is 0 Å². The number of primary amides is 1. The molecule has 1 aliphatic heterocycles. The molecule has 0 spiro atoms. The van der Waals surface area contributed by atoms with Gasteiger partial charge in [-0.25, -0.2) is 0 Å². The van der Waals surface area contributed by atoms with Crippen molar-refractivity contribution in [3.05, 3.63) is 0 Å². The van der Waals surface area contributed by atoms with E-state index in [0.29, 0.717) is 19.6 Å². The first-order valence-electron chi connectivity index (χ1n) is 5.67. The maximum atomic E-state index is 12.1. The molecule has 0 saturated carbocycles. The first-order chi connectivity index (χ1) is 7.38. The van der Waals surface area contributed by atoms with Crippen molar-refractivity contribution < 1.29 is 9.59 Å². The van der Waals surface area contributed by atoms with Gasteiger partial charge in [0.15, 0.2) is 0 Å². The molecule has 4 N–H and O–H groups in total. The predicted molar refractivity (Wildman–Crippen MR) is 61.3 cm³/mol. The molecule has 16 heavy (non-hydrogen) atoms. The molecule has 1 atom stereocenters. The van der Waals surface area contributed by atoms with Crippen LogP contribution in [0.25, 0.3) is 0 Å². The second-order valence-corrected chi connectivity index (χ2v) is 5.08. The lowest BCUT2D eigenvalue weighted by Gasteiger charge is -2.36. The van der Waals surface area contributed by atoms with Gasteiger partial charge in [0.05, 0.1) is 11.3 Å². The number of hydrogen-bond donors (Lipinski definition) is 2. The Morgan fingerprint density at radius 1 is 1.44 bits per heavy atom. The lowest BCUT2D eigenvalue weighted by atomic mass is 9.89. The summed E-state index contributed by atoms with van der Waals surface area (Å²) >= 11 is 0. The van der Waals surface area contributed by atoms with E-state index in [1.54, 1.807) is 4.90 Å². The molecule has 0 bridgehead atoms. The standard InChI is InChI=1S/C11H21N3O2/c1-11(2,7-12)10(16)14-5-3-4-8(6-14)9(13)15/h8H,3-7,12H2,1-2H3,(H2,13,15). The van der Waals surface area contributed by atoms with Gasteiger partial charge in [-0.2, -0.15) is 0 Å². The van der Waals surface area contributed by atoms with Gasteiger partial charge in [-0.3, -0.25) is 9.59 Å². The summed E-state index contributed by atoms with van der Waals surface area (Å²) in [6.07, 6.45) is 1.61. The Kier molecular flexibility index (Phi) is 3.91. The lowest BCUT2D eigenvalue weighted by Crippen LogP contribution is -2.50. The van der Waals surface area contributed by atoms with Gasteiger partial charge in [-0.1, -0.05) is 0 Å². The Morgan fingerprint density at radius 3 is 2.56 bits per heavy atom. The van der Waals surface area contributed by atoms with Crippen LogP contribution in [0.4, 0.5) is 0 Å². The van der Waals surface area contributed by atoms with Crippen molar-refractivity contribution in [1.29, 1.82) is 0 Å². The van der Waals surface area contributed by atoms with E-state index in [1.807, 2.05) is 13.8 Å². The second-order valence-electron chi connectivity index (χ2n) is 5.08. The lowest BCUT2D eigenvalue weighted by molar-refractivity contribution is -0.142. The summed E-state index contributed by atoms with van der Waals surface area (Å²) in [4.78, 5) is 24.9. The highest BCUT2D eigenvalue weighted by molar-refractivity contribution is 5.83. The minimum atomic E-state index is -0.556. The number of likely N-dealkylation sites (tertiary alicyclic amines) is 1. The van der Waals surface area contributed by atoms with Gasteiger partial charge in [0, 0.05) is 19.6 Å². The molecule has 1 unspecified atom stereocenters. The van der Waals surface area contributed by atoms with Crippen LogP contribution >= 0.6 is 0 Å². The van der Waals surface area contributed by atoms with Crippen molar-refractivity contribution in [2.24, 2.45) is 22.8 Å². The SMILES string of the molecule is CC(C)(CN)C(=O)N1CCCC(C(N)=O)C1. The third-order valence-corrected chi connectivity index (χ3v) is 3.20. The molecule has 1 heterocycles. The van der Waals surface area contributed by atoms with Crippen LogP contribution in [0.15, 0.2) is 0 Å². The molecule has 1 aliphatic rings. The first-order valence-corrected chi connectivity index (χ1v) is 5.67. The van der Waals surface area contributed by atoms with Crippen molar-refractivity contribution in [2.45, 2.75) is 26.7 Å². The van der Waals surface area contributed by atoms with Crippen LogP contribution in [-0.2, 0) is 9.59 Å². The van der Waals surface area contributed by atoms with Crippen LogP contribution in [0.1, 0.15) is 26.7 Å². The number of nitrogens with two attached hydrogens (primary N) is 2. The van der Waals surface area contributed by atoms with E-state index in [-0.39, 0.29) is 17.7 Å². The maximum absolute atomic E-state index is 12.1. The van der Waals surface area contributed by atoms with Gasteiger partial charge in [0.25, 0.3) is 0 Å². The van der Waals surface area contributed by atoms with Gasteiger partial charge in [0.1, 0.15) is 0 Å². The van der Waals surface area contributed by atoms with Crippen molar-refractivity contribution in [1.82, 2.24) is 4.90 Å². The van der Waals surface area contributed by atoms with Gasteiger partial charge >= 0.3 is 0 Å². The van der Waals surface area contributed by atoms with Crippen molar-refractivity contribution in [3.8, 4) is 0 Å². The number of rotatable bonds is 3. The third kappa shape index (κ3) is 2.72. The highest BCUT2D eigenvalue weighted by Crippen LogP contribution is 2.22. The fourth-order valence-corrected chi connectivity index (χ4v) is 1.91. The highest BCUT2D eigenvalue weighted by Gasteiger charge is 2.34. The number of piperidine rings is 1. The molecule has 2 amide bonds. The molecule has 92 valence electrons. The summed E-state index contributed by atoms with van der Waals surface area (Å²) in [5, 5.41) is 0. The zero-order chi connectivity index (χ0) is 12.3.